The van der Waals surface area contributed by atoms with Gasteiger partial charge in [-0.2, -0.15) is 13.2 Å². The molecule has 6 heteroatoms. The highest BCUT2D eigenvalue weighted by Crippen LogP contribution is 2.34. The zero-order valence-corrected chi connectivity index (χ0v) is 20.8. The van der Waals surface area contributed by atoms with E-state index < -0.39 is 11.7 Å². The molecule has 4 rings (SSSR count). The first-order valence-corrected chi connectivity index (χ1v) is 12.2. The Bertz CT molecular complexity index is 1110. The van der Waals surface area contributed by atoms with E-state index in [1.54, 1.807) is 13.0 Å². The molecule has 0 bridgehead atoms. The van der Waals surface area contributed by atoms with Crippen LogP contribution in [-0.4, -0.2) is 12.0 Å². The van der Waals surface area contributed by atoms with Crippen LogP contribution >= 0.6 is 0 Å². The van der Waals surface area contributed by atoms with Crippen molar-refractivity contribution in [3.63, 3.8) is 0 Å². The Balaban J connectivity index is 0.000000623. The number of aliphatic imine (C=N–C) groups is 1. The van der Waals surface area contributed by atoms with Crippen LogP contribution in [0.2, 0.25) is 0 Å². The Kier molecular flexibility index (Phi) is 8.96. The van der Waals surface area contributed by atoms with Gasteiger partial charge in [-0.15, -0.1) is 0 Å². The fraction of sp³-hybridized carbons (Fsp3) is 0.345. The molecule has 2 N–H and O–H groups in total. The summed E-state index contributed by atoms with van der Waals surface area (Å²) in [6, 6.07) is 17.6. The van der Waals surface area contributed by atoms with Gasteiger partial charge in [-0.05, 0) is 36.3 Å². The van der Waals surface area contributed by atoms with Crippen LogP contribution in [0, 0.1) is 5.92 Å². The molecule has 2 aliphatic rings. The summed E-state index contributed by atoms with van der Waals surface area (Å²) in [6.07, 6.45) is 3.35. The highest BCUT2D eigenvalue weighted by Gasteiger charge is 2.34. The predicted octanol–water partition coefficient (Wildman–Crippen LogP) is 8.31. The van der Waals surface area contributed by atoms with Crippen molar-refractivity contribution in [3.8, 4) is 0 Å². The number of nitrogens with zero attached hydrogens (tertiary/aromatic N) is 1. The second-order valence-electron chi connectivity index (χ2n) is 8.78. The van der Waals surface area contributed by atoms with Crippen LogP contribution in [0.15, 0.2) is 94.7 Å². The van der Waals surface area contributed by atoms with Crippen LogP contribution in [0.4, 0.5) is 18.9 Å². The molecule has 0 aromatic heterocycles. The van der Waals surface area contributed by atoms with Crippen LogP contribution in [0.5, 0.6) is 0 Å². The third-order valence-electron chi connectivity index (χ3n) is 5.99. The van der Waals surface area contributed by atoms with Crippen LogP contribution in [0.1, 0.15) is 64.3 Å². The first kappa shape index (κ1) is 26.3. The molecule has 186 valence electrons. The number of hydrogen-bond donors (Lipinski definition) is 2. The van der Waals surface area contributed by atoms with Crippen molar-refractivity contribution < 1.29 is 13.2 Å². The van der Waals surface area contributed by atoms with Gasteiger partial charge in [0.05, 0.1) is 5.57 Å². The molecule has 1 aliphatic heterocycles. The van der Waals surface area contributed by atoms with Crippen LogP contribution in [0.25, 0.3) is 0 Å². The Hall–Kier alpha value is -3.28. The summed E-state index contributed by atoms with van der Waals surface area (Å²) in [4.78, 5) is 4.82. The predicted molar refractivity (Wildman–Crippen MR) is 139 cm³/mol. The molecular formula is C29H34F3N3. The highest BCUT2D eigenvalue weighted by atomic mass is 19.4. The van der Waals surface area contributed by atoms with E-state index in [0.29, 0.717) is 17.1 Å². The number of benzene rings is 2. The van der Waals surface area contributed by atoms with Gasteiger partial charge < -0.3 is 10.6 Å². The topological polar surface area (TPSA) is 36.4 Å². The monoisotopic (exact) mass is 481 g/mol. The Morgan fingerprint density at radius 2 is 1.66 bits per heavy atom. The maximum absolute atomic E-state index is 13.2. The zero-order chi connectivity index (χ0) is 25.4. The van der Waals surface area contributed by atoms with Crippen LogP contribution in [-0.2, 0) is 0 Å². The Morgan fingerprint density at radius 3 is 2.29 bits per heavy atom. The van der Waals surface area contributed by atoms with Gasteiger partial charge in [-0.25, -0.2) is 4.99 Å². The molecule has 2 atom stereocenters. The van der Waals surface area contributed by atoms with Gasteiger partial charge in [0, 0.05) is 22.9 Å². The molecule has 0 saturated carbocycles. The summed E-state index contributed by atoms with van der Waals surface area (Å²) in [6.45, 7) is 8.10. The van der Waals surface area contributed by atoms with Gasteiger partial charge in [0.2, 0.25) is 0 Å². The number of fused-ring (bicyclic) bond motifs is 1. The molecule has 0 fully saturated rings. The van der Waals surface area contributed by atoms with Crippen LogP contribution < -0.4 is 10.6 Å². The van der Waals surface area contributed by atoms with E-state index in [2.05, 4.69) is 24.5 Å². The van der Waals surface area contributed by atoms with Crippen molar-refractivity contribution >= 4 is 11.5 Å². The summed E-state index contributed by atoms with van der Waals surface area (Å²) >= 11 is 0. The molecule has 0 spiro atoms. The normalized spacial score (nSPS) is 20.4. The molecule has 1 heterocycles. The maximum Gasteiger partial charge on any atom is 0.416 e. The number of anilines is 1. The maximum atomic E-state index is 13.2. The van der Waals surface area contributed by atoms with E-state index in [1.807, 2.05) is 61.5 Å². The van der Waals surface area contributed by atoms with Gasteiger partial charge in [0.25, 0.3) is 0 Å². The van der Waals surface area contributed by atoms with Crippen molar-refractivity contribution in [2.75, 3.05) is 5.32 Å². The lowest BCUT2D eigenvalue weighted by molar-refractivity contribution is -0.0884. The molecular weight excluding hydrogens is 447 g/mol. The number of alkyl halides is 3. The number of rotatable bonds is 4. The Labute approximate surface area is 206 Å². The summed E-state index contributed by atoms with van der Waals surface area (Å²) in [5.41, 5.74) is 3.40. The first-order valence-electron chi connectivity index (χ1n) is 12.2. The number of allylic oxidation sites excluding steroid dienone is 6. The van der Waals surface area contributed by atoms with Crippen molar-refractivity contribution in [2.24, 2.45) is 10.9 Å². The van der Waals surface area contributed by atoms with E-state index in [1.165, 1.54) is 25.3 Å². The average molecular weight is 482 g/mol. The van der Waals surface area contributed by atoms with Crippen molar-refractivity contribution in [3.05, 3.63) is 101 Å². The van der Waals surface area contributed by atoms with Crippen LogP contribution in [0.3, 0.4) is 0 Å². The number of amidine groups is 1. The second-order valence-corrected chi connectivity index (χ2v) is 8.78. The molecule has 1 aliphatic carbocycles. The lowest BCUT2D eigenvalue weighted by Gasteiger charge is -2.28. The standard InChI is InChI=1S/C24H22F3N3.C5H12/c1-15-12-13-18(24(25,26)27)14-20(15)16(2)28-23-19-10-6-7-11-21(19)29-22(30-23)17-8-4-3-5-9-17;1-3-5-4-2/h3-15,22,29H,1-2H3,(H,28,30);3-5H2,1-2H3/b20-16+;. The van der Waals surface area contributed by atoms with E-state index in [9.17, 15) is 13.2 Å². The van der Waals surface area contributed by atoms with E-state index in [-0.39, 0.29) is 12.1 Å². The smallest absolute Gasteiger partial charge is 0.359 e. The number of halogens is 3. The van der Waals surface area contributed by atoms with Gasteiger partial charge in [-0.3, -0.25) is 0 Å². The fourth-order valence-corrected chi connectivity index (χ4v) is 4.01. The molecule has 0 amide bonds. The summed E-state index contributed by atoms with van der Waals surface area (Å²) < 4.78 is 39.6. The molecule has 0 saturated heterocycles. The number of para-hydroxylation sites is 1. The molecule has 2 aromatic carbocycles. The minimum Gasteiger partial charge on any atom is -0.359 e. The summed E-state index contributed by atoms with van der Waals surface area (Å²) in [7, 11) is 0. The minimum atomic E-state index is -4.38. The Morgan fingerprint density at radius 1 is 1.00 bits per heavy atom. The van der Waals surface area contributed by atoms with Crippen molar-refractivity contribution in [2.45, 2.75) is 59.3 Å². The lowest BCUT2D eigenvalue weighted by Crippen LogP contribution is -2.31. The van der Waals surface area contributed by atoms with E-state index in [0.717, 1.165) is 22.9 Å². The number of unbranched alkanes of at least 4 members (excludes halogenated alkanes) is 2. The first-order chi connectivity index (χ1) is 16.7. The van der Waals surface area contributed by atoms with Gasteiger partial charge in [-0.1, -0.05) is 94.7 Å². The molecule has 2 aromatic rings. The third-order valence-corrected chi connectivity index (χ3v) is 5.99. The van der Waals surface area contributed by atoms with Gasteiger partial charge >= 0.3 is 6.18 Å². The van der Waals surface area contributed by atoms with Crippen molar-refractivity contribution in [1.29, 1.82) is 0 Å². The molecule has 3 nitrogen and oxygen atoms in total. The average Bonchev–Trinajstić information content (AvgIpc) is 2.85. The minimum absolute atomic E-state index is 0.133. The number of hydrogen-bond acceptors (Lipinski definition) is 3. The largest absolute Gasteiger partial charge is 0.416 e. The van der Waals surface area contributed by atoms with Gasteiger partial charge in [0.1, 0.15) is 12.0 Å². The SMILES string of the molecule is C/C(NC1=NC(c2ccccc2)Nc2ccccc21)=C1/C=C(C(F)(F)F)C=CC1C.CCCCC. The molecule has 0 radical (unpaired) electrons. The zero-order valence-electron chi connectivity index (χ0n) is 20.8. The quantitative estimate of drug-likeness (QED) is 0.461. The second kappa shape index (κ2) is 11.9. The highest BCUT2D eigenvalue weighted by molar-refractivity contribution is 6.05. The summed E-state index contributed by atoms with van der Waals surface area (Å²) in [5.74, 6) is 0.498. The number of nitrogens with one attached hydrogen (secondary N) is 2. The third kappa shape index (κ3) is 6.87. The fourth-order valence-electron chi connectivity index (χ4n) is 4.01. The molecule has 2 unspecified atom stereocenters. The molecule has 35 heavy (non-hydrogen) atoms. The lowest BCUT2D eigenvalue weighted by atomic mass is 9.91. The van der Waals surface area contributed by atoms with E-state index in [4.69, 9.17) is 4.99 Å². The van der Waals surface area contributed by atoms with Crippen molar-refractivity contribution in [1.82, 2.24) is 5.32 Å². The van der Waals surface area contributed by atoms with E-state index >= 15 is 0 Å². The van der Waals surface area contributed by atoms with Gasteiger partial charge in [0.15, 0.2) is 0 Å². The summed E-state index contributed by atoms with van der Waals surface area (Å²) in [5, 5.41) is 6.71.